The molecule has 26 heavy (non-hydrogen) atoms. The van der Waals surface area contributed by atoms with Crippen molar-refractivity contribution in [3.63, 3.8) is 0 Å². The number of ether oxygens (including phenoxy) is 1. The molecular formula is C21H26BrNO3. The number of carbonyl (C=O) groups excluding carboxylic acids is 1. The Hall–Kier alpha value is -1.85. The van der Waals surface area contributed by atoms with E-state index in [1.165, 1.54) is 5.56 Å². The third-order valence-electron chi connectivity index (χ3n) is 4.23. The topological polar surface area (TPSA) is 58.6 Å². The minimum atomic E-state index is -0.173. The number of aliphatic hydroxyl groups excluding tert-OH is 1. The summed E-state index contributed by atoms with van der Waals surface area (Å²) in [6.45, 7) is 4.57. The number of rotatable bonds is 9. The number of nitrogens with one attached hydrogen (secondary N) is 1. The lowest BCUT2D eigenvalue weighted by Crippen LogP contribution is -2.28. The summed E-state index contributed by atoms with van der Waals surface area (Å²) in [5, 5.41) is 12.0. The van der Waals surface area contributed by atoms with Crippen LogP contribution in [0, 0.1) is 0 Å². The van der Waals surface area contributed by atoms with Crippen molar-refractivity contribution in [1.29, 1.82) is 0 Å². The van der Waals surface area contributed by atoms with Crippen LogP contribution in [-0.2, 0) is 17.6 Å². The van der Waals surface area contributed by atoms with Gasteiger partial charge < -0.3 is 15.2 Å². The van der Waals surface area contributed by atoms with Gasteiger partial charge in [0.1, 0.15) is 5.75 Å². The molecule has 0 aliphatic heterocycles. The molecule has 1 unspecified atom stereocenters. The Bertz CT molecular complexity index is 733. The lowest BCUT2D eigenvalue weighted by Gasteiger charge is -2.19. The summed E-state index contributed by atoms with van der Waals surface area (Å²) in [5.74, 6) is 0.706. The maximum atomic E-state index is 12.5. The molecule has 1 amide bonds. The van der Waals surface area contributed by atoms with Gasteiger partial charge in [-0.15, -0.1) is 0 Å². The zero-order valence-electron chi connectivity index (χ0n) is 15.3. The van der Waals surface area contributed by atoms with Crippen LogP contribution in [-0.4, -0.2) is 24.2 Å². The zero-order chi connectivity index (χ0) is 18.9. The predicted molar refractivity (Wildman–Crippen MR) is 107 cm³/mol. The molecule has 0 saturated carbocycles. The second kappa shape index (κ2) is 10.3. The van der Waals surface area contributed by atoms with E-state index in [2.05, 4.69) is 34.2 Å². The van der Waals surface area contributed by atoms with Crippen molar-refractivity contribution in [3.8, 4) is 5.75 Å². The number of aliphatic hydroxyl groups is 1. The standard InChI is InChI=1S/C21H26BrNO3/c1-3-16-7-4-5-8-17(16)13-21(25)23-15(2)19-10-9-18(22)14-20(19)26-12-6-11-24/h4-5,7-10,14-15,24H,3,6,11-13H2,1-2H3,(H,23,25). The van der Waals surface area contributed by atoms with Crippen LogP contribution < -0.4 is 10.1 Å². The summed E-state index contributed by atoms with van der Waals surface area (Å²) in [4.78, 5) is 12.5. The van der Waals surface area contributed by atoms with Crippen LogP contribution in [0.1, 0.15) is 43.0 Å². The molecule has 0 radical (unpaired) electrons. The van der Waals surface area contributed by atoms with Crippen LogP contribution in [0.3, 0.4) is 0 Å². The molecule has 0 aromatic heterocycles. The normalized spacial score (nSPS) is 11.8. The third-order valence-corrected chi connectivity index (χ3v) is 4.72. The minimum Gasteiger partial charge on any atom is -0.493 e. The summed E-state index contributed by atoms with van der Waals surface area (Å²) in [7, 11) is 0. The molecule has 4 nitrogen and oxygen atoms in total. The van der Waals surface area contributed by atoms with E-state index in [-0.39, 0.29) is 18.6 Å². The monoisotopic (exact) mass is 419 g/mol. The minimum absolute atomic E-state index is 0.0115. The van der Waals surface area contributed by atoms with Gasteiger partial charge in [-0.1, -0.05) is 53.2 Å². The molecule has 0 saturated heterocycles. The van der Waals surface area contributed by atoms with E-state index in [0.717, 1.165) is 27.8 Å². The van der Waals surface area contributed by atoms with Gasteiger partial charge in [-0.05, 0) is 36.6 Å². The molecule has 2 N–H and O–H groups in total. The number of carbonyl (C=O) groups is 1. The quantitative estimate of drug-likeness (QED) is 0.598. The van der Waals surface area contributed by atoms with Crippen molar-refractivity contribution in [2.45, 2.75) is 39.2 Å². The van der Waals surface area contributed by atoms with E-state index in [4.69, 9.17) is 9.84 Å². The number of hydrogen-bond acceptors (Lipinski definition) is 3. The van der Waals surface area contributed by atoms with Crippen LogP contribution >= 0.6 is 15.9 Å². The number of halogens is 1. The first-order valence-electron chi connectivity index (χ1n) is 8.94. The number of aryl methyl sites for hydroxylation is 1. The SMILES string of the molecule is CCc1ccccc1CC(=O)NC(C)c1ccc(Br)cc1OCCCO. The molecule has 2 aromatic rings. The summed E-state index contributed by atoms with van der Waals surface area (Å²) in [6.07, 6.45) is 1.85. The molecule has 5 heteroatoms. The van der Waals surface area contributed by atoms with Gasteiger partial charge in [0.25, 0.3) is 0 Å². The summed E-state index contributed by atoms with van der Waals surface area (Å²) in [5.41, 5.74) is 3.19. The number of benzene rings is 2. The number of amides is 1. The molecule has 0 aliphatic carbocycles. The predicted octanol–water partition coefficient (Wildman–Crippen LogP) is 4.19. The van der Waals surface area contributed by atoms with Gasteiger partial charge in [0, 0.05) is 23.1 Å². The highest BCUT2D eigenvalue weighted by Crippen LogP contribution is 2.29. The van der Waals surface area contributed by atoms with Crippen molar-refractivity contribution in [3.05, 3.63) is 63.6 Å². The fourth-order valence-electron chi connectivity index (χ4n) is 2.86. The molecule has 0 heterocycles. The van der Waals surface area contributed by atoms with Crippen molar-refractivity contribution in [1.82, 2.24) is 5.32 Å². The van der Waals surface area contributed by atoms with E-state index < -0.39 is 0 Å². The lowest BCUT2D eigenvalue weighted by atomic mass is 10.0. The van der Waals surface area contributed by atoms with E-state index in [1.54, 1.807) is 0 Å². The van der Waals surface area contributed by atoms with E-state index in [9.17, 15) is 4.79 Å². The zero-order valence-corrected chi connectivity index (χ0v) is 16.9. The average molecular weight is 420 g/mol. The van der Waals surface area contributed by atoms with E-state index >= 15 is 0 Å². The first kappa shape index (κ1) is 20.5. The molecule has 140 valence electrons. The Morgan fingerprint density at radius 3 is 2.65 bits per heavy atom. The van der Waals surface area contributed by atoms with Crippen LogP contribution in [0.4, 0.5) is 0 Å². The Morgan fingerprint density at radius 2 is 1.96 bits per heavy atom. The average Bonchev–Trinajstić information content (AvgIpc) is 2.62. The second-order valence-corrected chi connectivity index (χ2v) is 7.11. The Balaban J connectivity index is 2.06. The maximum Gasteiger partial charge on any atom is 0.224 e. The van der Waals surface area contributed by atoms with Gasteiger partial charge in [0.05, 0.1) is 19.1 Å². The Kier molecular flexibility index (Phi) is 8.13. The highest BCUT2D eigenvalue weighted by atomic mass is 79.9. The number of hydrogen-bond donors (Lipinski definition) is 2. The van der Waals surface area contributed by atoms with Gasteiger partial charge in [0.2, 0.25) is 5.91 Å². The summed E-state index contributed by atoms with van der Waals surface area (Å²) in [6, 6.07) is 13.6. The largest absolute Gasteiger partial charge is 0.493 e. The van der Waals surface area contributed by atoms with Crippen molar-refractivity contribution >= 4 is 21.8 Å². The maximum absolute atomic E-state index is 12.5. The summed E-state index contributed by atoms with van der Waals surface area (Å²) < 4.78 is 6.69. The fraction of sp³-hybridized carbons (Fsp3) is 0.381. The molecule has 0 fully saturated rings. The molecular weight excluding hydrogens is 394 g/mol. The van der Waals surface area contributed by atoms with Gasteiger partial charge in [-0.3, -0.25) is 4.79 Å². The first-order chi connectivity index (χ1) is 12.5. The first-order valence-corrected chi connectivity index (χ1v) is 9.73. The molecule has 1 atom stereocenters. The fourth-order valence-corrected chi connectivity index (χ4v) is 3.20. The second-order valence-electron chi connectivity index (χ2n) is 6.20. The molecule has 0 aliphatic rings. The van der Waals surface area contributed by atoms with Crippen LogP contribution in [0.5, 0.6) is 5.75 Å². The van der Waals surface area contributed by atoms with Gasteiger partial charge in [0.15, 0.2) is 0 Å². The smallest absolute Gasteiger partial charge is 0.224 e. The van der Waals surface area contributed by atoms with Gasteiger partial charge in [-0.25, -0.2) is 0 Å². The van der Waals surface area contributed by atoms with E-state index in [1.807, 2.05) is 43.3 Å². The van der Waals surface area contributed by atoms with Crippen molar-refractivity contribution in [2.24, 2.45) is 0 Å². The van der Waals surface area contributed by atoms with Gasteiger partial charge in [-0.2, -0.15) is 0 Å². The Labute approximate surface area is 163 Å². The summed E-state index contributed by atoms with van der Waals surface area (Å²) >= 11 is 3.45. The lowest BCUT2D eigenvalue weighted by molar-refractivity contribution is -0.121. The van der Waals surface area contributed by atoms with Crippen LogP contribution in [0.15, 0.2) is 46.9 Å². The van der Waals surface area contributed by atoms with Crippen LogP contribution in [0.25, 0.3) is 0 Å². The highest BCUT2D eigenvalue weighted by Gasteiger charge is 2.16. The van der Waals surface area contributed by atoms with Crippen LogP contribution in [0.2, 0.25) is 0 Å². The van der Waals surface area contributed by atoms with Crippen molar-refractivity contribution < 1.29 is 14.6 Å². The molecule has 0 spiro atoms. The van der Waals surface area contributed by atoms with E-state index in [0.29, 0.717) is 19.4 Å². The molecule has 2 aromatic carbocycles. The van der Waals surface area contributed by atoms with Crippen molar-refractivity contribution in [2.75, 3.05) is 13.2 Å². The third kappa shape index (κ3) is 5.85. The molecule has 0 bridgehead atoms. The Morgan fingerprint density at radius 1 is 1.23 bits per heavy atom. The highest BCUT2D eigenvalue weighted by molar-refractivity contribution is 9.10. The van der Waals surface area contributed by atoms with Gasteiger partial charge >= 0.3 is 0 Å². The molecule has 2 rings (SSSR count).